The summed E-state index contributed by atoms with van der Waals surface area (Å²) in [6, 6.07) is 12.6. The monoisotopic (exact) mass is 630 g/mol. The average molecular weight is 631 g/mol. The highest BCUT2D eigenvalue weighted by molar-refractivity contribution is 5.98. The van der Waals surface area contributed by atoms with Crippen LogP contribution in [0.25, 0.3) is 33.6 Å². The highest BCUT2D eigenvalue weighted by Gasteiger charge is 2.31. The van der Waals surface area contributed by atoms with E-state index in [4.69, 9.17) is 28.1 Å². The Hall–Kier alpha value is -4.73. The van der Waals surface area contributed by atoms with Crippen LogP contribution < -0.4 is 24.3 Å². The van der Waals surface area contributed by atoms with Crippen LogP contribution in [0.2, 0.25) is 0 Å². The Balaban J connectivity index is 1.45. The molecule has 10 heteroatoms. The molecule has 1 fully saturated rings. The quantitative estimate of drug-likeness (QED) is 0.181. The maximum absolute atomic E-state index is 13.7. The van der Waals surface area contributed by atoms with Crippen LogP contribution in [0, 0.1) is 5.92 Å². The molecule has 5 rings (SSSR count). The summed E-state index contributed by atoms with van der Waals surface area (Å²) in [5.41, 5.74) is 3.28. The first-order chi connectivity index (χ1) is 22.0. The molecule has 2 aromatic heterocycles. The SMILES string of the molecule is COc1cc(C(=O)N[C@@H]2CCCC[C@@H]2CC(=O)OC(C)(C)C)cc(-c2ccnc3cc(-c4cc(OC)c(OC)c(OC)c4)oc23)c1. The van der Waals surface area contributed by atoms with Gasteiger partial charge in [-0.3, -0.25) is 14.6 Å². The minimum atomic E-state index is -0.553. The average Bonchev–Trinajstić information content (AvgIpc) is 3.48. The zero-order valence-electron chi connectivity index (χ0n) is 27.5. The minimum Gasteiger partial charge on any atom is -0.497 e. The zero-order valence-corrected chi connectivity index (χ0v) is 27.5. The minimum absolute atomic E-state index is 0.00851. The molecule has 0 saturated heterocycles. The molecule has 244 valence electrons. The third-order valence-corrected chi connectivity index (χ3v) is 8.15. The second-order valence-electron chi connectivity index (χ2n) is 12.5. The summed E-state index contributed by atoms with van der Waals surface area (Å²) < 4.78 is 34.1. The fraction of sp³-hybridized carbons (Fsp3) is 0.417. The predicted octanol–water partition coefficient (Wildman–Crippen LogP) is 7.22. The van der Waals surface area contributed by atoms with E-state index in [9.17, 15) is 9.59 Å². The molecular weight excluding hydrogens is 588 g/mol. The number of rotatable bonds is 10. The van der Waals surface area contributed by atoms with Gasteiger partial charge in [0.2, 0.25) is 5.75 Å². The Morgan fingerprint density at radius 3 is 2.26 bits per heavy atom. The van der Waals surface area contributed by atoms with E-state index in [2.05, 4.69) is 10.3 Å². The largest absolute Gasteiger partial charge is 0.497 e. The fourth-order valence-corrected chi connectivity index (χ4v) is 6.03. The number of hydrogen-bond acceptors (Lipinski definition) is 9. The Morgan fingerprint density at radius 2 is 1.61 bits per heavy atom. The number of fused-ring (bicyclic) bond motifs is 1. The first-order valence-corrected chi connectivity index (χ1v) is 15.4. The van der Waals surface area contributed by atoms with Crippen molar-refractivity contribution in [2.75, 3.05) is 28.4 Å². The number of aromatic nitrogens is 1. The summed E-state index contributed by atoms with van der Waals surface area (Å²) in [5.74, 6) is 2.10. The van der Waals surface area contributed by atoms with Gasteiger partial charge in [0.1, 0.15) is 22.6 Å². The van der Waals surface area contributed by atoms with Gasteiger partial charge in [-0.05, 0) is 81.5 Å². The number of hydrogen-bond donors (Lipinski definition) is 1. The van der Waals surface area contributed by atoms with Crippen LogP contribution in [0.4, 0.5) is 0 Å². The van der Waals surface area contributed by atoms with Crippen LogP contribution in [-0.4, -0.2) is 56.9 Å². The van der Waals surface area contributed by atoms with Gasteiger partial charge in [0.25, 0.3) is 5.91 Å². The Labute approximate surface area is 269 Å². The van der Waals surface area contributed by atoms with Crippen LogP contribution in [0.3, 0.4) is 0 Å². The normalized spacial score (nSPS) is 16.5. The first kappa shape index (κ1) is 32.7. The smallest absolute Gasteiger partial charge is 0.306 e. The van der Waals surface area contributed by atoms with Gasteiger partial charge in [0.15, 0.2) is 17.1 Å². The second kappa shape index (κ2) is 13.7. The van der Waals surface area contributed by atoms with Crippen molar-refractivity contribution in [2.24, 2.45) is 5.92 Å². The lowest BCUT2D eigenvalue weighted by Gasteiger charge is -2.32. The number of pyridine rings is 1. The van der Waals surface area contributed by atoms with E-state index < -0.39 is 5.60 Å². The number of amides is 1. The van der Waals surface area contributed by atoms with E-state index in [1.165, 1.54) is 0 Å². The van der Waals surface area contributed by atoms with Gasteiger partial charge in [-0.1, -0.05) is 12.8 Å². The molecular formula is C36H42N2O8. The molecule has 0 spiro atoms. The second-order valence-corrected chi connectivity index (χ2v) is 12.5. The lowest BCUT2D eigenvalue weighted by atomic mass is 9.82. The molecule has 1 aliphatic carbocycles. The molecule has 0 bridgehead atoms. The molecule has 0 aliphatic heterocycles. The van der Waals surface area contributed by atoms with Gasteiger partial charge in [-0.2, -0.15) is 0 Å². The summed E-state index contributed by atoms with van der Waals surface area (Å²) >= 11 is 0. The summed E-state index contributed by atoms with van der Waals surface area (Å²) in [5, 5.41) is 3.21. The Kier molecular flexibility index (Phi) is 9.74. The molecule has 2 heterocycles. The molecule has 1 N–H and O–H groups in total. The maximum atomic E-state index is 13.7. The van der Waals surface area contributed by atoms with Crippen LogP contribution >= 0.6 is 0 Å². The number of nitrogens with zero attached hydrogens (tertiary/aromatic N) is 1. The molecule has 1 saturated carbocycles. The number of esters is 1. The van der Waals surface area contributed by atoms with Crippen molar-refractivity contribution in [3.63, 3.8) is 0 Å². The predicted molar refractivity (Wildman–Crippen MR) is 175 cm³/mol. The highest BCUT2D eigenvalue weighted by atomic mass is 16.6. The number of ether oxygens (including phenoxy) is 5. The van der Waals surface area contributed by atoms with Gasteiger partial charge in [-0.25, -0.2) is 0 Å². The fourth-order valence-electron chi connectivity index (χ4n) is 6.03. The maximum Gasteiger partial charge on any atom is 0.306 e. The number of benzene rings is 2. The summed E-state index contributed by atoms with van der Waals surface area (Å²) in [4.78, 5) is 30.9. The molecule has 1 amide bonds. The number of furan rings is 1. The summed E-state index contributed by atoms with van der Waals surface area (Å²) in [6.07, 6.45) is 5.64. The summed E-state index contributed by atoms with van der Waals surface area (Å²) in [6.45, 7) is 5.58. The lowest BCUT2D eigenvalue weighted by molar-refractivity contribution is -0.156. The van der Waals surface area contributed by atoms with Crippen molar-refractivity contribution in [2.45, 2.75) is 64.5 Å². The van der Waals surface area contributed by atoms with Crippen molar-refractivity contribution in [3.8, 4) is 45.4 Å². The lowest BCUT2D eigenvalue weighted by Crippen LogP contribution is -2.43. The molecule has 0 radical (unpaired) electrons. The van der Waals surface area contributed by atoms with Gasteiger partial charge in [0, 0.05) is 35.0 Å². The van der Waals surface area contributed by atoms with Crippen molar-refractivity contribution in [3.05, 3.63) is 54.2 Å². The molecule has 2 atom stereocenters. The summed E-state index contributed by atoms with van der Waals surface area (Å²) in [7, 11) is 6.24. The van der Waals surface area contributed by atoms with E-state index in [1.54, 1.807) is 40.7 Å². The molecule has 4 aromatic rings. The van der Waals surface area contributed by atoms with Crippen molar-refractivity contribution in [1.29, 1.82) is 0 Å². The molecule has 1 aliphatic rings. The van der Waals surface area contributed by atoms with Gasteiger partial charge < -0.3 is 33.4 Å². The van der Waals surface area contributed by atoms with E-state index in [1.807, 2.05) is 57.2 Å². The topological polar surface area (TPSA) is 118 Å². The molecule has 0 unspecified atom stereocenters. The highest BCUT2D eigenvalue weighted by Crippen LogP contribution is 2.43. The van der Waals surface area contributed by atoms with Crippen LogP contribution in [0.1, 0.15) is 63.2 Å². The van der Waals surface area contributed by atoms with E-state index in [0.29, 0.717) is 45.4 Å². The van der Waals surface area contributed by atoms with E-state index in [0.717, 1.165) is 42.4 Å². The van der Waals surface area contributed by atoms with Crippen molar-refractivity contribution in [1.82, 2.24) is 10.3 Å². The molecule has 2 aromatic carbocycles. The first-order valence-electron chi connectivity index (χ1n) is 15.4. The number of nitrogens with one attached hydrogen (secondary N) is 1. The third-order valence-electron chi connectivity index (χ3n) is 8.15. The van der Waals surface area contributed by atoms with Crippen LogP contribution in [0.15, 0.2) is 53.1 Å². The number of carbonyl (C=O) groups is 2. The van der Waals surface area contributed by atoms with E-state index >= 15 is 0 Å². The Bertz CT molecular complexity index is 1700. The van der Waals surface area contributed by atoms with Gasteiger partial charge >= 0.3 is 5.97 Å². The zero-order chi connectivity index (χ0) is 33.0. The Morgan fingerprint density at radius 1 is 0.891 bits per heavy atom. The number of methoxy groups -OCH3 is 4. The third kappa shape index (κ3) is 7.22. The van der Waals surface area contributed by atoms with Crippen molar-refractivity contribution < 1.29 is 37.7 Å². The van der Waals surface area contributed by atoms with Crippen LogP contribution in [-0.2, 0) is 9.53 Å². The number of carbonyl (C=O) groups excluding carboxylic acids is 2. The van der Waals surface area contributed by atoms with E-state index in [-0.39, 0.29) is 30.3 Å². The van der Waals surface area contributed by atoms with Gasteiger partial charge in [0.05, 0.1) is 34.9 Å². The van der Waals surface area contributed by atoms with Crippen LogP contribution in [0.5, 0.6) is 23.0 Å². The van der Waals surface area contributed by atoms with Gasteiger partial charge in [-0.15, -0.1) is 0 Å². The standard InChI is InChI=1S/C36H42N2O8/c1-36(2,3)46-32(39)19-21-10-8-9-11-27(21)38-35(40)24-14-22(15-25(16-24)41-4)26-12-13-37-28-20-29(45-33(26)28)23-17-30(42-5)34(44-7)31(18-23)43-6/h12-18,20-21,27H,8-11,19H2,1-7H3,(H,38,40)/t21-,27-/m1/s1. The van der Waals surface area contributed by atoms with Crippen molar-refractivity contribution >= 4 is 23.0 Å². The molecule has 46 heavy (non-hydrogen) atoms. The molecule has 10 nitrogen and oxygen atoms in total.